The summed E-state index contributed by atoms with van der Waals surface area (Å²) in [6.45, 7) is 4.34. The molecule has 0 radical (unpaired) electrons. The Hall–Kier alpha value is -0.920. The van der Waals surface area contributed by atoms with Crippen LogP contribution in [-0.4, -0.2) is 7.11 Å². The molecule has 2 rings (SSSR count). The van der Waals surface area contributed by atoms with E-state index >= 15 is 0 Å². The Morgan fingerprint density at radius 3 is 1.73 bits per heavy atom. The molecule has 0 aliphatic carbocycles. The number of ether oxygens (including phenoxy) is 1. The molecule has 0 saturated carbocycles. The van der Waals surface area contributed by atoms with Gasteiger partial charge in [-0.25, -0.2) is 0 Å². The van der Waals surface area contributed by atoms with Crippen molar-refractivity contribution in [1.82, 2.24) is 0 Å². The van der Waals surface area contributed by atoms with Gasteiger partial charge in [0, 0.05) is 5.56 Å². The van der Waals surface area contributed by atoms with Crippen molar-refractivity contribution < 1.29 is 29.9 Å². The Bertz CT molecular complexity index is 617. The standard InChI is InChI=1S/C12H13OS2.F6P/c1-8-9(2)15-12(14-8)10-4-6-11(13-3)7-5-10;1-7(2,3,4,5)6/h4-7H,1-3H3;/q+1;-1. The minimum atomic E-state index is -10.7. The van der Waals surface area contributed by atoms with Crippen LogP contribution in [0.25, 0.3) is 9.75 Å². The summed E-state index contributed by atoms with van der Waals surface area (Å²) in [4.78, 5) is 2.82. The van der Waals surface area contributed by atoms with E-state index in [2.05, 4.69) is 26.0 Å². The first-order valence-corrected chi connectivity index (χ1v) is 9.43. The van der Waals surface area contributed by atoms with E-state index in [0.29, 0.717) is 0 Å². The molecule has 1 nitrogen and oxygen atoms in total. The maximum atomic E-state index is 9.87. The third-order valence-corrected chi connectivity index (χ3v) is 5.01. The molecule has 2 aromatic rings. The van der Waals surface area contributed by atoms with Crippen LogP contribution in [0.1, 0.15) is 9.75 Å². The Morgan fingerprint density at radius 1 is 0.955 bits per heavy atom. The van der Waals surface area contributed by atoms with Crippen molar-refractivity contribution in [3.8, 4) is 15.5 Å². The van der Waals surface area contributed by atoms with E-state index in [1.807, 2.05) is 34.8 Å². The number of methoxy groups -OCH3 is 1. The summed E-state index contributed by atoms with van der Waals surface area (Å²) in [6.07, 6.45) is 0. The van der Waals surface area contributed by atoms with E-state index in [9.17, 15) is 25.2 Å². The van der Waals surface area contributed by atoms with Crippen LogP contribution in [0, 0.1) is 13.8 Å². The van der Waals surface area contributed by atoms with Crippen LogP contribution in [0.3, 0.4) is 0 Å². The van der Waals surface area contributed by atoms with Crippen LogP contribution < -0.4 is 4.74 Å². The SMILES string of the molecule is COc1ccc(-c2sc(C)c(C)[s+]2)cc1.F[P-](F)(F)(F)(F)F. The zero-order chi connectivity index (χ0) is 17.2. The first kappa shape index (κ1) is 19.1. The predicted molar refractivity (Wildman–Crippen MR) is 81.6 cm³/mol. The number of hydrogen-bond donors (Lipinski definition) is 0. The monoisotopic (exact) mass is 382 g/mol. The molecule has 10 heteroatoms. The van der Waals surface area contributed by atoms with Gasteiger partial charge in [0.2, 0.25) is 0 Å². The molecule has 0 fully saturated rings. The number of benzene rings is 1. The van der Waals surface area contributed by atoms with E-state index < -0.39 is 7.81 Å². The zero-order valence-corrected chi connectivity index (χ0v) is 14.3. The second-order valence-corrected chi connectivity index (χ2v) is 8.92. The van der Waals surface area contributed by atoms with Gasteiger partial charge >= 0.3 is 33.0 Å². The topological polar surface area (TPSA) is 9.23 Å². The van der Waals surface area contributed by atoms with Crippen molar-refractivity contribution in [1.29, 1.82) is 0 Å². The molecule has 0 aliphatic rings. The minimum absolute atomic E-state index is 0.911. The fourth-order valence-corrected chi connectivity index (χ4v) is 3.81. The average Bonchev–Trinajstić information content (AvgIpc) is 2.66. The van der Waals surface area contributed by atoms with Crippen LogP contribution in [-0.2, 0) is 0 Å². The molecule has 0 bridgehead atoms. The fourth-order valence-electron chi connectivity index (χ4n) is 1.29. The quantitative estimate of drug-likeness (QED) is 0.293. The number of hydrogen-bond acceptors (Lipinski definition) is 2. The van der Waals surface area contributed by atoms with Crippen LogP contribution in [0.4, 0.5) is 25.2 Å². The number of aryl methyl sites for hydroxylation is 2. The van der Waals surface area contributed by atoms with Crippen LogP contribution in [0.15, 0.2) is 24.3 Å². The molecule has 1 aromatic carbocycles. The van der Waals surface area contributed by atoms with E-state index in [-0.39, 0.29) is 0 Å². The summed E-state index contributed by atoms with van der Waals surface area (Å²) < 4.78 is 65.7. The Labute approximate surface area is 131 Å². The maximum absolute atomic E-state index is 10.7. The molecular weight excluding hydrogens is 369 g/mol. The summed E-state index contributed by atoms with van der Waals surface area (Å²) in [6, 6.07) is 8.24. The third kappa shape index (κ3) is 8.51. The van der Waals surface area contributed by atoms with Gasteiger partial charge < -0.3 is 4.74 Å². The number of rotatable bonds is 2. The Morgan fingerprint density at radius 2 is 1.41 bits per heavy atom. The van der Waals surface area contributed by atoms with Gasteiger partial charge in [-0.05, 0) is 38.1 Å². The first-order chi connectivity index (χ1) is 9.65. The van der Waals surface area contributed by atoms with E-state index in [4.69, 9.17) is 4.74 Å². The van der Waals surface area contributed by atoms with E-state index in [1.54, 1.807) is 7.11 Å². The first-order valence-electron chi connectivity index (χ1n) is 5.76. The van der Waals surface area contributed by atoms with Crippen LogP contribution in [0.5, 0.6) is 5.75 Å². The molecule has 22 heavy (non-hydrogen) atoms. The average molecular weight is 382 g/mol. The summed E-state index contributed by atoms with van der Waals surface area (Å²) in [7, 11) is -8.97. The van der Waals surface area contributed by atoms with Crippen LogP contribution in [0.2, 0.25) is 0 Å². The third-order valence-electron chi connectivity index (χ3n) is 2.31. The molecule has 0 atom stereocenters. The summed E-state index contributed by atoms with van der Waals surface area (Å²) >= 11 is 3.72. The predicted octanol–water partition coefficient (Wildman–Crippen LogP) is 7.77. The van der Waals surface area contributed by atoms with Gasteiger partial charge in [0.25, 0.3) is 4.19 Å². The second-order valence-electron chi connectivity index (χ2n) is 4.29. The van der Waals surface area contributed by atoms with Crippen molar-refractivity contribution in [3.05, 3.63) is 34.0 Å². The zero-order valence-electron chi connectivity index (χ0n) is 11.7. The van der Waals surface area contributed by atoms with E-state index in [0.717, 1.165) is 5.75 Å². The Kier molecular flexibility index (Phi) is 4.88. The van der Waals surface area contributed by atoms with Crippen molar-refractivity contribution in [2.24, 2.45) is 0 Å². The molecule has 1 aromatic heterocycles. The van der Waals surface area contributed by atoms with Crippen molar-refractivity contribution in [2.45, 2.75) is 13.8 Å². The molecule has 1 heterocycles. The van der Waals surface area contributed by atoms with E-state index in [1.165, 1.54) is 19.5 Å². The van der Waals surface area contributed by atoms with Gasteiger partial charge in [-0.1, -0.05) is 0 Å². The van der Waals surface area contributed by atoms with Gasteiger partial charge in [-0.3, -0.25) is 0 Å². The van der Waals surface area contributed by atoms with Gasteiger partial charge in [0.1, 0.15) is 15.5 Å². The second kappa shape index (κ2) is 5.62. The van der Waals surface area contributed by atoms with Gasteiger partial charge in [-0.2, -0.15) is 0 Å². The van der Waals surface area contributed by atoms with Crippen LogP contribution >= 0.6 is 30.5 Å². The molecule has 0 saturated heterocycles. The Balaban J connectivity index is 0.000000295. The van der Waals surface area contributed by atoms with Crippen molar-refractivity contribution in [2.75, 3.05) is 7.11 Å². The van der Waals surface area contributed by atoms with Crippen molar-refractivity contribution >= 4 is 30.5 Å². The molecule has 0 spiro atoms. The van der Waals surface area contributed by atoms with Gasteiger partial charge in [0.05, 0.1) is 29.8 Å². The normalized spacial score (nSPS) is 14.4. The van der Waals surface area contributed by atoms with Gasteiger partial charge in [-0.15, -0.1) is 0 Å². The molecular formula is C12H13F6OPS2. The molecule has 0 amide bonds. The summed E-state index contributed by atoms with van der Waals surface area (Å²) in [5.41, 5.74) is 1.28. The molecule has 0 aliphatic heterocycles. The summed E-state index contributed by atoms with van der Waals surface area (Å²) in [5, 5.41) is 0. The molecule has 0 unspecified atom stereocenters. The number of halogens is 6. The molecule has 126 valence electrons. The molecule has 0 N–H and O–H groups in total. The summed E-state index contributed by atoms with van der Waals surface area (Å²) in [5.74, 6) is 0.911. The fraction of sp³-hybridized carbons (Fsp3) is 0.250. The van der Waals surface area contributed by atoms with Crippen molar-refractivity contribution in [3.63, 3.8) is 0 Å². The van der Waals surface area contributed by atoms with Gasteiger partial charge in [0.15, 0.2) is 0 Å².